The molecule has 9 heteroatoms. The van der Waals surface area contributed by atoms with Gasteiger partial charge in [-0.2, -0.15) is 0 Å². The minimum absolute atomic E-state index is 0.0319. The first kappa shape index (κ1) is 21.4. The van der Waals surface area contributed by atoms with Crippen molar-refractivity contribution >= 4 is 23.8 Å². The molecule has 1 atom stereocenters. The van der Waals surface area contributed by atoms with E-state index in [-0.39, 0.29) is 17.9 Å². The Morgan fingerprint density at radius 2 is 1.71 bits per heavy atom. The van der Waals surface area contributed by atoms with Crippen molar-refractivity contribution in [3.63, 3.8) is 0 Å². The molecule has 0 saturated heterocycles. The van der Waals surface area contributed by atoms with Gasteiger partial charge < -0.3 is 25.3 Å². The molecule has 0 aliphatic heterocycles. The third-order valence-corrected chi connectivity index (χ3v) is 4.44. The Labute approximate surface area is 162 Å². The molecule has 1 aromatic rings. The van der Waals surface area contributed by atoms with E-state index in [9.17, 15) is 19.2 Å². The number of carbonyl (C=O) groups excluding carboxylic acids is 4. The minimum Gasteiger partial charge on any atom is -0.467 e. The molecular weight excluding hydrogens is 368 g/mol. The van der Waals surface area contributed by atoms with E-state index in [1.807, 2.05) is 0 Å². The first-order valence-electron chi connectivity index (χ1n) is 8.82. The summed E-state index contributed by atoms with van der Waals surface area (Å²) < 4.78 is 14.9. The normalized spacial score (nSPS) is 15.6. The van der Waals surface area contributed by atoms with Gasteiger partial charge in [-0.25, -0.2) is 4.79 Å². The molecule has 0 spiro atoms. The van der Waals surface area contributed by atoms with E-state index in [4.69, 9.17) is 19.9 Å². The molecule has 152 valence electrons. The summed E-state index contributed by atoms with van der Waals surface area (Å²) in [5, 5.41) is 2.63. The summed E-state index contributed by atoms with van der Waals surface area (Å²) in [6, 6.07) is 3.53. The number of carbonyl (C=O) groups is 4. The Morgan fingerprint density at radius 1 is 1.11 bits per heavy atom. The van der Waals surface area contributed by atoms with Crippen LogP contribution in [0.25, 0.3) is 0 Å². The molecular formula is C19H24N2O7. The van der Waals surface area contributed by atoms with Crippen molar-refractivity contribution in [2.45, 2.75) is 51.1 Å². The number of benzene rings is 1. The molecule has 0 unspecified atom stereocenters. The summed E-state index contributed by atoms with van der Waals surface area (Å²) in [6.07, 6.45) is 2.04. The smallest absolute Gasteiger partial charge is 0.328 e. The highest BCUT2D eigenvalue weighted by atomic mass is 16.6. The van der Waals surface area contributed by atoms with Crippen LogP contribution in [0.4, 0.5) is 0 Å². The van der Waals surface area contributed by atoms with Crippen LogP contribution < -0.4 is 20.5 Å². The summed E-state index contributed by atoms with van der Waals surface area (Å²) in [6.45, 7) is 2.43. The van der Waals surface area contributed by atoms with Crippen molar-refractivity contribution in [2.24, 2.45) is 5.73 Å². The Morgan fingerprint density at radius 3 is 2.21 bits per heavy atom. The number of methoxy groups -OCH3 is 1. The summed E-state index contributed by atoms with van der Waals surface area (Å²) in [4.78, 5) is 47.0. The summed E-state index contributed by atoms with van der Waals surface area (Å²) in [7, 11) is 1.22. The summed E-state index contributed by atoms with van der Waals surface area (Å²) in [5.74, 6) is -2.11. The van der Waals surface area contributed by atoms with Crippen LogP contribution in [0.15, 0.2) is 18.2 Å². The van der Waals surface area contributed by atoms with E-state index < -0.39 is 35.4 Å². The summed E-state index contributed by atoms with van der Waals surface area (Å²) in [5.41, 5.74) is 5.60. The van der Waals surface area contributed by atoms with Crippen LogP contribution in [0, 0.1) is 0 Å². The van der Waals surface area contributed by atoms with Crippen molar-refractivity contribution < 1.29 is 33.4 Å². The van der Waals surface area contributed by atoms with Crippen LogP contribution in [0.3, 0.4) is 0 Å². The maximum atomic E-state index is 12.4. The second-order valence-corrected chi connectivity index (χ2v) is 6.73. The third kappa shape index (κ3) is 5.29. The quantitative estimate of drug-likeness (QED) is 0.509. The highest BCUT2D eigenvalue weighted by Crippen LogP contribution is 2.31. The predicted molar refractivity (Wildman–Crippen MR) is 97.5 cm³/mol. The second-order valence-electron chi connectivity index (χ2n) is 6.73. The Bertz CT molecular complexity index is 786. The molecule has 1 fully saturated rings. The molecule has 1 amide bonds. The minimum atomic E-state index is -0.969. The lowest BCUT2D eigenvalue weighted by Crippen LogP contribution is -2.61. The van der Waals surface area contributed by atoms with Gasteiger partial charge in [-0.05, 0) is 37.0 Å². The zero-order valence-corrected chi connectivity index (χ0v) is 16.1. The molecule has 0 radical (unpaired) electrons. The fraction of sp³-hybridized carbons (Fsp3) is 0.474. The average molecular weight is 392 g/mol. The fourth-order valence-corrected chi connectivity index (χ4v) is 2.81. The molecule has 0 bridgehead atoms. The van der Waals surface area contributed by atoms with Crippen LogP contribution >= 0.6 is 0 Å². The van der Waals surface area contributed by atoms with Gasteiger partial charge in [0.05, 0.1) is 12.6 Å². The van der Waals surface area contributed by atoms with E-state index in [0.717, 1.165) is 6.42 Å². The van der Waals surface area contributed by atoms with Crippen LogP contribution in [0.5, 0.6) is 11.5 Å². The number of hydrogen-bond acceptors (Lipinski definition) is 8. The lowest BCUT2D eigenvalue weighted by atomic mass is 9.77. The van der Waals surface area contributed by atoms with Gasteiger partial charge in [-0.15, -0.1) is 0 Å². The lowest BCUT2D eigenvalue weighted by molar-refractivity contribution is -0.146. The number of nitrogens with one attached hydrogen (secondary N) is 1. The molecule has 28 heavy (non-hydrogen) atoms. The van der Waals surface area contributed by atoms with E-state index in [0.29, 0.717) is 18.4 Å². The van der Waals surface area contributed by atoms with Crippen molar-refractivity contribution in [3.05, 3.63) is 23.8 Å². The molecule has 2 rings (SSSR count). The van der Waals surface area contributed by atoms with E-state index in [1.54, 1.807) is 6.07 Å². The van der Waals surface area contributed by atoms with Crippen LogP contribution in [0.1, 0.15) is 38.7 Å². The molecule has 1 saturated carbocycles. The number of amides is 1. The predicted octanol–water partition coefficient (Wildman–Crippen LogP) is 0.619. The maximum absolute atomic E-state index is 12.4. The zero-order valence-electron chi connectivity index (χ0n) is 16.1. The number of rotatable bonds is 7. The Hall–Kier alpha value is -2.94. The van der Waals surface area contributed by atoms with Crippen LogP contribution in [-0.4, -0.2) is 42.5 Å². The van der Waals surface area contributed by atoms with Crippen molar-refractivity contribution in [1.82, 2.24) is 5.32 Å². The number of ether oxygens (including phenoxy) is 3. The van der Waals surface area contributed by atoms with Gasteiger partial charge in [-0.1, -0.05) is 6.07 Å². The van der Waals surface area contributed by atoms with Gasteiger partial charge in [0.25, 0.3) is 0 Å². The second kappa shape index (κ2) is 8.83. The van der Waals surface area contributed by atoms with E-state index >= 15 is 0 Å². The van der Waals surface area contributed by atoms with Crippen LogP contribution in [0.2, 0.25) is 0 Å². The topological polar surface area (TPSA) is 134 Å². The standard InChI is InChI=1S/C19H24N2O7/c1-11(22)27-15-6-5-13(10-16(15)28-12(2)23)9-14(17(24)26-3)21-18(25)19(20)7-4-8-19/h5-6,10,14H,4,7-9,20H2,1-3H3,(H,21,25)/t14-/m0/s1. The van der Waals surface area contributed by atoms with Gasteiger partial charge in [0.1, 0.15) is 6.04 Å². The summed E-state index contributed by atoms with van der Waals surface area (Å²) >= 11 is 0. The molecule has 1 aliphatic carbocycles. The zero-order chi connectivity index (χ0) is 20.9. The SMILES string of the molecule is COC(=O)[C@H](Cc1ccc(OC(C)=O)c(OC(C)=O)c1)NC(=O)C1(N)CCC1. The number of hydrogen-bond donors (Lipinski definition) is 2. The first-order valence-corrected chi connectivity index (χ1v) is 8.82. The van der Waals surface area contributed by atoms with Gasteiger partial charge in [-0.3, -0.25) is 14.4 Å². The number of nitrogens with two attached hydrogens (primary N) is 1. The van der Waals surface area contributed by atoms with Crippen molar-refractivity contribution in [1.29, 1.82) is 0 Å². The lowest BCUT2D eigenvalue weighted by Gasteiger charge is -2.37. The molecule has 3 N–H and O–H groups in total. The fourth-order valence-electron chi connectivity index (χ4n) is 2.81. The monoisotopic (exact) mass is 392 g/mol. The largest absolute Gasteiger partial charge is 0.467 e. The van der Waals surface area contributed by atoms with Crippen molar-refractivity contribution in [2.75, 3.05) is 7.11 Å². The average Bonchev–Trinajstić information content (AvgIpc) is 2.59. The van der Waals surface area contributed by atoms with Crippen LogP contribution in [-0.2, 0) is 30.3 Å². The maximum Gasteiger partial charge on any atom is 0.328 e. The highest BCUT2D eigenvalue weighted by molar-refractivity contribution is 5.91. The highest BCUT2D eigenvalue weighted by Gasteiger charge is 2.41. The van der Waals surface area contributed by atoms with E-state index in [2.05, 4.69) is 5.32 Å². The molecule has 1 aliphatic rings. The van der Waals surface area contributed by atoms with Gasteiger partial charge in [0.15, 0.2) is 11.5 Å². The molecule has 0 heterocycles. The Balaban J connectivity index is 2.22. The van der Waals surface area contributed by atoms with Gasteiger partial charge in [0.2, 0.25) is 5.91 Å². The van der Waals surface area contributed by atoms with Gasteiger partial charge >= 0.3 is 17.9 Å². The molecule has 1 aromatic carbocycles. The number of esters is 3. The first-order chi connectivity index (χ1) is 13.1. The molecule has 9 nitrogen and oxygen atoms in total. The molecule has 0 aromatic heterocycles. The Kier molecular flexibility index (Phi) is 6.74. The third-order valence-electron chi connectivity index (χ3n) is 4.44. The van der Waals surface area contributed by atoms with Crippen molar-refractivity contribution in [3.8, 4) is 11.5 Å². The van der Waals surface area contributed by atoms with Gasteiger partial charge in [0, 0.05) is 20.3 Å². The van der Waals surface area contributed by atoms with E-state index in [1.165, 1.54) is 33.1 Å².